The van der Waals surface area contributed by atoms with Crippen molar-refractivity contribution in [2.75, 3.05) is 17.7 Å². The van der Waals surface area contributed by atoms with Crippen LogP contribution in [-0.4, -0.2) is 34.6 Å². The fourth-order valence-corrected chi connectivity index (χ4v) is 3.85. The molecule has 1 aromatic heterocycles. The number of hydrogen-bond donors (Lipinski definition) is 2. The van der Waals surface area contributed by atoms with Gasteiger partial charge in [-0.25, -0.2) is 4.98 Å². The van der Waals surface area contributed by atoms with Crippen LogP contribution in [0.5, 0.6) is 11.5 Å². The Hall–Kier alpha value is -3.81. The predicted octanol–water partition coefficient (Wildman–Crippen LogP) is 4.49. The quantitative estimate of drug-likeness (QED) is 0.503. The summed E-state index contributed by atoms with van der Waals surface area (Å²) < 4.78 is 13.4. The summed E-state index contributed by atoms with van der Waals surface area (Å²) in [5.74, 6) is 0.855. The lowest BCUT2D eigenvalue weighted by Crippen LogP contribution is -2.16. The normalized spacial score (nSPS) is 13.5. The lowest BCUT2D eigenvalue weighted by atomic mass is 10.1. The Labute approximate surface area is 192 Å². The molecule has 1 fully saturated rings. The van der Waals surface area contributed by atoms with Gasteiger partial charge in [0.1, 0.15) is 0 Å². The summed E-state index contributed by atoms with van der Waals surface area (Å²) in [5.41, 5.74) is 1.62. The van der Waals surface area contributed by atoms with Crippen LogP contribution in [0.1, 0.15) is 42.5 Å². The van der Waals surface area contributed by atoms with Gasteiger partial charge >= 0.3 is 0 Å². The van der Waals surface area contributed by atoms with Crippen molar-refractivity contribution in [2.24, 2.45) is 0 Å². The number of aromatic nitrogens is 2. The van der Waals surface area contributed by atoms with E-state index < -0.39 is 0 Å². The molecule has 2 N–H and O–H groups in total. The monoisotopic (exact) mass is 448 g/mol. The van der Waals surface area contributed by atoms with E-state index in [4.69, 9.17) is 9.47 Å². The molecule has 0 saturated heterocycles. The first kappa shape index (κ1) is 22.4. The Bertz CT molecular complexity index is 1090. The minimum Gasteiger partial charge on any atom is -0.493 e. The number of aryl methyl sites for hydroxylation is 1. The Kier molecular flexibility index (Phi) is 7.24. The molecule has 2 aromatic carbocycles. The molecular formula is C25H28N4O4. The van der Waals surface area contributed by atoms with Crippen molar-refractivity contribution in [3.63, 3.8) is 0 Å². The summed E-state index contributed by atoms with van der Waals surface area (Å²) in [7, 11) is 1.60. The van der Waals surface area contributed by atoms with Crippen molar-refractivity contribution < 1.29 is 19.1 Å². The van der Waals surface area contributed by atoms with Crippen LogP contribution >= 0.6 is 0 Å². The van der Waals surface area contributed by atoms with Crippen molar-refractivity contribution in [3.8, 4) is 11.5 Å². The number of anilines is 2. The highest BCUT2D eigenvalue weighted by Gasteiger charge is 2.19. The number of ether oxygens (including phenoxy) is 2. The van der Waals surface area contributed by atoms with Gasteiger partial charge in [-0.15, -0.1) is 0 Å². The van der Waals surface area contributed by atoms with Gasteiger partial charge in [-0.05, 0) is 56.0 Å². The molecule has 0 atom stereocenters. The smallest absolute Gasteiger partial charge is 0.255 e. The zero-order chi connectivity index (χ0) is 23.0. The fourth-order valence-electron chi connectivity index (χ4n) is 3.85. The largest absolute Gasteiger partial charge is 0.493 e. The molecule has 3 aromatic rings. The van der Waals surface area contributed by atoms with E-state index in [1.165, 1.54) is 12.8 Å². The summed E-state index contributed by atoms with van der Waals surface area (Å²) >= 11 is 0. The highest BCUT2D eigenvalue weighted by atomic mass is 16.5. The number of nitrogens with one attached hydrogen (secondary N) is 2. The second-order valence-corrected chi connectivity index (χ2v) is 8.02. The standard InChI is InChI=1S/C25H28N4O4/c1-32-22-10-9-20(16-23(22)33-21-7-2-3-8-21)28-25(31)18-5-4-6-19(15-18)27-24(30)11-13-29-14-12-26-17-29/h4-6,9-10,12,14-17,21H,2-3,7-8,11,13H2,1H3,(H,27,30)(H,28,31). The molecule has 2 amide bonds. The van der Waals surface area contributed by atoms with Crippen molar-refractivity contribution >= 4 is 23.2 Å². The summed E-state index contributed by atoms with van der Waals surface area (Å²) in [6.07, 6.45) is 10.0. The van der Waals surface area contributed by atoms with Gasteiger partial charge in [-0.3, -0.25) is 9.59 Å². The van der Waals surface area contributed by atoms with E-state index in [0.717, 1.165) is 12.8 Å². The van der Waals surface area contributed by atoms with Gasteiger partial charge in [0.2, 0.25) is 5.91 Å². The third-order valence-corrected chi connectivity index (χ3v) is 5.58. The molecule has 0 aliphatic heterocycles. The summed E-state index contributed by atoms with van der Waals surface area (Å²) in [6, 6.07) is 12.2. The first-order valence-electron chi connectivity index (χ1n) is 11.1. The number of carbonyl (C=O) groups excluding carboxylic acids is 2. The Morgan fingerprint density at radius 1 is 1.06 bits per heavy atom. The SMILES string of the molecule is COc1ccc(NC(=O)c2cccc(NC(=O)CCn3ccnc3)c2)cc1OC1CCCC1. The maximum atomic E-state index is 12.8. The van der Waals surface area contributed by atoms with Crippen molar-refractivity contribution in [1.29, 1.82) is 0 Å². The summed E-state index contributed by atoms with van der Waals surface area (Å²) in [4.78, 5) is 29.0. The molecule has 172 valence electrons. The molecule has 8 nitrogen and oxygen atoms in total. The Morgan fingerprint density at radius 3 is 2.64 bits per heavy atom. The first-order valence-corrected chi connectivity index (χ1v) is 11.1. The van der Waals surface area contributed by atoms with Crippen LogP contribution in [0.25, 0.3) is 0 Å². The number of rotatable bonds is 9. The zero-order valence-electron chi connectivity index (χ0n) is 18.6. The maximum Gasteiger partial charge on any atom is 0.255 e. The molecule has 1 aliphatic rings. The van der Waals surface area contributed by atoms with Crippen LogP contribution in [0.2, 0.25) is 0 Å². The van der Waals surface area contributed by atoms with Crippen LogP contribution in [0.3, 0.4) is 0 Å². The van der Waals surface area contributed by atoms with E-state index in [1.807, 2.05) is 10.8 Å². The number of amides is 2. The number of benzene rings is 2. The average molecular weight is 449 g/mol. The second-order valence-electron chi connectivity index (χ2n) is 8.02. The van der Waals surface area contributed by atoms with E-state index in [-0.39, 0.29) is 17.9 Å². The predicted molar refractivity (Wildman–Crippen MR) is 126 cm³/mol. The molecule has 8 heteroatoms. The van der Waals surface area contributed by atoms with E-state index in [0.29, 0.717) is 41.4 Å². The van der Waals surface area contributed by atoms with Crippen molar-refractivity contribution in [2.45, 2.75) is 44.8 Å². The first-order chi connectivity index (χ1) is 16.1. The molecule has 0 unspecified atom stereocenters. The molecule has 1 saturated carbocycles. The van der Waals surface area contributed by atoms with Gasteiger partial charge in [0, 0.05) is 48.4 Å². The zero-order valence-corrected chi connectivity index (χ0v) is 18.6. The number of carbonyl (C=O) groups is 2. The molecule has 4 rings (SSSR count). The van der Waals surface area contributed by atoms with Crippen molar-refractivity contribution in [1.82, 2.24) is 9.55 Å². The Morgan fingerprint density at radius 2 is 1.88 bits per heavy atom. The third kappa shape index (κ3) is 6.12. The van der Waals surface area contributed by atoms with Gasteiger partial charge in [0.05, 0.1) is 19.5 Å². The summed E-state index contributed by atoms with van der Waals surface area (Å²) in [5, 5.41) is 5.74. The van der Waals surface area contributed by atoms with Crippen LogP contribution < -0.4 is 20.1 Å². The van der Waals surface area contributed by atoms with E-state index in [9.17, 15) is 9.59 Å². The fraction of sp³-hybridized carbons (Fsp3) is 0.320. The van der Waals surface area contributed by atoms with Gasteiger partial charge < -0.3 is 24.7 Å². The van der Waals surface area contributed by atoms with Crippen molar-refractivity contribution in [3.05, 3.63) is 66.7 Å². The molecule has 0 spiro atoms. The third-order valence-electron chi connectivity index (χ3n) is 5.58. The molecule has 0 radical (unpaired) electrons. The van der Waals surface area contributed by atoms with Crippen LogP contribution in [0.4, 0.5) is 11.4 Å². The van der Waals surface area contributed by atoms with Gasteiger partial charge in [-0.2, -0.15) is 0 Å². The number of hydrogen-bond acceptors (Lipinski definition) is 5. The highest BCUT2D eigenvalue weighted by Crippen LogP contribution is 2.34. The molecule has 1 heterocycles. The minimum atomic E-state index is -0.276. The molecule has 33 heavy (non-hydrogen) atoms. The van der Waals surface area contributed by atoms with E-state index in [1.54, 1.807) is 62.1 Å². The number of imidazole rings is 1. The molecular weight excluding hydrogens is 420 g/mol. The highest BCUT2D eigenvalue weighted by molar-refractivity contribution is 6.05. The maximum absolute atomic E-state index is 12.8. The van der Waals surface area contributed by atoms with Crippen LogP contribution in [0.15, 0.2) is 61.2 Å². The van der Waals surface area contributed by atoms with E-state index in [2.05, 4.69) is 15.6 Å². The average Bonchev–Trinajstić information content (AvgIpc) is 3.52. The van der Waals surface area contributed by atoms with E-state index >= 15 is 0 Å². The lowest BCUT2D eigenvalue weighted by molar-refractivity contribution is -0.116. The van der Waals surface area contributed by atoms with Gasteiger partial charge in [-0.1, -0.05) is 6.07 Å². The molecule has 1 aliphatic carbocycles. The summed E-state index contributed by atoms with van der Waals surface area (Å²) in [6.45, 7) is 0.536. The topological polar surface area (TPSA) is 94.5 Å². The molecule has 0 bridgehead atoms. The second kappa shape index (κ2) is 10.7. The van der Waals surface area contributed by atoms with Gasteiger partial charge in [0.25, 0.3) is 5.91 Å². The van der Waals surface area contributed by atoms with Crippen LogP contribution in [-0.2, 0) is 11.3 Å². The minimum absolute atomic E-state index is 0.134. The van der Waals surface area contributed by atoms with Crippen LogP contribution in [0, 0.1) is 0 Å². The number of nitrogens with zero attached hydrogens (tertiary/aromatic N) is 2. The number of methoxy groups -OCH3 is 1. The Balaban J connectivity index is 1.38. The lowest BCUT2D eigenvalue weighted by Gasteiger charge is -2.17. The van der Waals surface area contributed by atoms with Gasteiger partial charge in [0.15, 0.2) is 11.5 Å².